The van der Waals surface area contributed by atoms with Gasteiger partial charge in [-0.2, -0.15) is 4.31 Å². The SMILES string of the molecule is O=c1ccn([C@@H]2O[C@H](COP(=O)(O)OP(=O)(O)O[C@H]3O[C@@H]([C@@](O)(F)CO)[C@H](O)[C@H]3O)[C@@H](O)[C@H]2O)c(=O)[nH]1. The highest BCUT2D eigenvalue weighted by Crippen LogP contribution is 2.61. The number of halogens is 1. The van der Waals surface area contributed by atoms with Crippen molar-refractivity contribution >= 4 is 15.6 Å². The second kappa shape index (κ2) is 11.0. The van der Waals surface area contributed by atoms with Gasteiger partial charge in [0, 0.05) is 12.3 Å². The molecule has 0 amide bonds. The first-order valence-corrected chi connectivity index (χ1v) is 13.0. The highest BCUT2D eigenvalue weighted by atomic mass is 31.3. The lowest BCUT2D eigenvalue weighted by atomic mass is 10.0. The number of nitrogens with one attached hydrogen (secondary N) is 1. The zero-order chi connectivity index (χ0) is 27.9. The molecular formula is C15H23FN2O17P2. The Morgan fingerprint density at radius 2 is 1.70 bits per heavy atom. The number of phosphoric ester groups is 2. The summed E-state index contributed by atoms with van der Waals surface area (Å²) in [5.41, 5.74) is -1.79. The number of hydrogen-bond donors (Lipinski definition) is 9. The lowest BCUT2D eigenvalue weighted by Crippen LogP contribution is -2.48. The molecule has 0 aliphatic carbocycles. The van der Waals surface area contributed by atoms with Crippen molar-refractivity contribution in [3.05, 3.63) is 33.1 Å². The lowest BCUT2D eigenvalue weighted by Gasteiger charge is -2.25. The van der Waals surface area contributed by atoms with Crippen molar-refractivity contribution in [3.63, 3.8) is 0 Å². The summed E-state index contributed by atoms with van der Waals surface area (Å²) in [5, 5.41) is 57.8. The number of rotatable bonds is 10. The van der Waals surface area contributed by atoms with Crippen LogP contribution < -0.4 is 11.2 Å². The number of ether oxygens (including phenoxy) is 2. The molecule has 212 valence electrons. The monoisotopic (exact) mass is 584 g/mol. The van der Waals surface area contributed by atoms with Gasteiger partial charge in [0.1, 0.15) is 37.1 Å². The molecule has 1 aromatic rings. The Kier molecular flexibility index (Phi) is 8.92. The van der Waals surface area contributed by atoms with Crippen molar-refractivity contribution < 1.29 is 76.8 Å². The summed E-state index contributed by atoms with van der Waals surface area (Å²) in [4.78, 5) is 44.4. The summed E-state index contributed by atoms with van der Waals surface area (Å²) in [7, 11) is -11.3. The summed E-state index contributed by atoms with van der Waals surface area (Å²) in [5.74, 6) is -3.61. The molecule has 11 atom stereocenters. The van der Waals surface area contributed by atoms with Crippen molar-refractivity contribution in [2.45, 2.75) is 55.0 Å². The van der Waals surface area contributed by atoms with Crippen LogP contribution in [-0.2, 0) is 32.0 Å². The summed E-state index contributed by atoms with van der Waals surface area (Å²) < 4.78 is 61.3. The van der Waals surface area contributed by atoms with Crippen LogP contribution in [0.1, 0.15) is 6.23 Å². The van der Waals surface area contributed by atoms with Crippen molar-refractivity contribution in [1.29, 1.82) is 0 Å². The van der Waals surface area contributed by atoms with Gasteiger partial charge in [-0.1, -0.05) is 0 Å². The molecule has 3 rings (SSSR count). The quantitative estimate of drug-likeness (QED) is 0.117. The zero-order valence-electron chi connectivity index (χ0n) is 18.2. The molecule has 19 nitrogen and oxygen atoms in total. The summed E-state index contributed by atoms with van der Waals surface area (Å²) in [6.07, 6.45) is -15.2. The zero-order valence-corrected chi connectivity index (χ0v) is 19.9. The number of aliphatic hydroxyl groups excluding tert-OH is 5. The smallest absolute Gasteiger partial charge is 0.390 e. The van der Waals surface area contributed by atoms with Gasteiger partial charge in [0.05, 0.1) is 6.61 Å². The molecule has 0 spiro atoms. The van der Waals surface area contributed by atoms with Gasteiger partial charge in [0.15, 0.2) is 18.6 Å². The van der Waals surface area contributed by atoms with Gasteiger partial charge >= 0.3 is 21.3 Å². The Labute approximate surface area is 204 Å². The summed E-state index contributed by atoms with van der Waals surface area (Å²) in [6, 6.07) is 0.909. The molecule has 37 heavy (non-hydrogen) atoms. The highest BCUT2D eigenvalue weighted by Gasteiger charge is 2.56. The molecule has 0 aromatic carbocycles. The number of aromatic nitrogens is 2. The minimum Gasteiger partial charge on any atom is -0.390 e. The van der Waals surface area contributed by atoms with Crippen LogP contribution in [0.15, 0.2) is 21.9 Å². The van der Waals surface area contributed by atoms with Crippen LogP contribution in [0.25, 0.3) is 0 Å². The molecule has 2 aliphatic rings. The molecule has 9 N–H and O–H groups in total. The van der Waals surface area contributed by atoms with Gasteiger partial charge in [-0.3, -0.25) is 23.4 Å². The standard InChI is InChI=1S/C15H23FN2O17P2/c16-15(26,4-19)11-8(22)10(24)13(33-11)34-37(29,30)35-36(27,28)31-3-5-7(21)9(23)12(32-5)18-2-1-6(20)17-14(18)25/h1-2,5,7-13,19,21-24,26H,3-4H2,(H,27,28)(H,29,30)(H,17,20,25)/t5-,7-,8-,9-,10-,11-,12-,13-,15-/m1/s1. The number of phosphoric acid groups is 2. The molecule has 2 fully saturated rings. The van der Waals surface area contributed by atoms with Crippen molar-refractivity contribution in [2.75, 3.05) is 13.2 Å². The lowest BCUT2D eigenvalue weighted by molar-refractivity contribution is -0.235. The van der Waals surface area contributed by atoms with Gasteiger partial charge in [-0.25, -0.2) is 18.3 Å². The van der Waals surface area contributed by atoms with Gasteiger partial charge in [0.25, 0.3) is 11.4 Å². The first-order chi connectivity index (χ1) is 17.0. The van der Waals surface area contributed by atoms with E-state index in [0.29, 0.717) is 4.57 Å². The average Bonchev–Trinajstić information content (AvgIpc) is 3.22. The molecule has 1 aromatic heterocycles. The fourth-order valence-electron chi connectivity index (χ4n) is 3.39. The van der Waals surface area contributed by atoms with Gasteiger partial charge in [0.2, 0.25) is 0 Å². The molecule has 2 unspecified atom stereocenters. The molecule has 0 radical (unpaired) electrons. The predicted molar refractivity (Wildman–Crippen MR) is 109 cm³/mol. The molecule has 0 bridgehead atoms. The fourth-order valence-corrected chi connectivity index (χ4v) is 5.54. The number of aliphatic hydroxyl groups is 6. The van der Waals surface area contributed by atoms with Gasteiger partial charge < -0.3 is 49.9 Å². The largest absolute Gasteiger partial charge is 0.483 e. The molecule has 3 heterocycles. The van der Waals surface area contributed by atoms with E-state index in [0.717, 1.165) is 12.3 Å². The van der Waals surface area contributed by atoms with E-state index in [9.17, 15) is 58.4 Å². The van der Waals surface area contributed by atoms with Gasteiger partial charge in [-0.05, 0) is 0 Å². The maximum absolute atomic E-state index is 13.8. The number of aromatic amines is 1. The summed E-state index contributed by atoms with van der Waals surface area (Å²) in [6.45, 7) is -2.68. The maximum Gasteiger partial charge on any atom is 0.483 e. The minimum absolute atomic E-state index is 0.698. The number of nitrogens with zero attached hydrogens (tertiary/aromatic N) is 1. The normalized spacial score (nSPS) is 37.1. The van der Waals surface area contributed by atoms with E-state index in [-0.39, 0.29) is 0 Å². The predicted octanol–water partition coefficient (Wildman–Crippen LogP) is -4.50. The van der Waals surface area contributed by atoms with Crippen LogP contribution in [0.3, 0.4) is 0 Å². The Balaban J connectivity index is 1.61. The van der Waals surface area contributed by atoms with Crippen molar-refractivity contribution in [3.8, 4) is 0 Å². The second-order valence-corrected chi connectivity index (χ2v) is 10.9. The molecule has 0 saturated carbocycles. The Hall–Kier alpha value is -1.45. The first kappa shape index (κ1) is 30.1. The molecular weight excluding hydrogens is 561 g/mol. The molecule has 2 aliphatic heterocycles. The van der Waals surface area contributed by atoms with Crippen LogP contribution in [0, 0.1) is 0 Å². The minimum atomic E-state index is -5.71. The third kappa shape index (κ3) is 6.77. The fraction of sp³-hybridized carbons (Fsp3) is 0.733. The Morgan fingerprint density at radius 1 is 1.05 bits per heavy atom. The second-order valence-electron chi connectivity index (χ2n) is 7.87. The molecule has 2 saturated heterocycles. The Morgan fingerprint density at radius 3 is 2.30 bits per heavy atom. The van der Waals surface area contributed by atoms with E-state index in [1.807, 2.05) is 4.98 Å². The van der Waals surface area contributed by atoms with E-state index < -0.39 is 95.1 Å². The average molecular weight is 584 g/mol. The van der Waals surface area contributed by atoms with Crippen LogP contribution in [-0.4, -0.2) is 112 Å². The van der Waals surface area contributed by atoms with Crippen molar-refractivity contribution in [1.82, 2.24) is 9.55 Å². The van der Waals surface area contributed by atoms with Crippen molar-refractivity contribution in [2.24, 2.45) is 0 Å². The third-order valence-corrected chi connectivity index (χ3v) is 7.79. The molecule has 22 heteroatoms. The van der Waals surface area contributed by atoms with E-state index in [1.54, 1.807) is 0 Å². The maximum atomic E-state index is 13.8. The van der Waals surface area contributed by atoms with E-state index in [1.165, 1.54) is 0 Å². The highest BCUT2D eigenvalue weighted by molar-refractivity contribution is 7.61. The van der Waals surface area contributed by atoms with Crippen LogP contribution in [0.4, 0.5) is 4.39 Å². The van der Waals surface area contributed by atoms with E-state index in [2.05, 4.69) is 18.1 Å². The third-order valence-electron chi connectivity index (χ3n) is 5.19. The van der Waals surface area contributed by atoms with E-state index in [4.69, 9.17) is 9.84 Å². The van der Waals surface area contributed by atoms with Gasteiger partial charge in [-0.15, -0.1) is 0 Å². The van der Waals surface area contributed by atoms with Crippen LogP contribution in [0.5, 0.6) is 0 Å². The number of hydrogen-bond acceptors (Lipinski definition) is 15. The number of H-pyrrole nitrogens is 1. The van der Waals surface area contributed by atoms with E-state index >= 15 is 0 Å². The van der Waals surface area contributed by atoms with Crippen LogP contribution in [0.2, 0.25) is 0 Å². The summed E-state index contributed by atoms with van der Waals surface area (Å²) >= 11 is 0. The number of alkyl halides is 1. The van der Waals surface area contributed by atoms with Crippen LogP contribution >= 0.6 is 15.6 Å². The Bertz CT molecular complexity index is 1180. The topological polar surface area (TPSA) is 297 Å². The first-order valence-electron chi connectivity index (χ1n) is 10.0.